The summed E-state index contributed by atoms with van der Waals surface area (Å²) in [6.07, 6.45) is 0. The molecule has 3 rings (SSSR count). The predicted octanol–water partition coefficient (Wildman–Crippen LogP) is 2.64. The first kappa shape index (κ1) is 15.7. The van der Waals surface area contributed by atoms with Crippen LogP contribution in [-0.2, 0) is 0 Å². The molecule has 0 fully saturated rings. The van der Waals surface area contributed by atoms with Crippen LogP contribution in [0.2, 0.25) is 0 Å². The minimum Gasteiger partial charge on any atom is -0.618 e. The van der Waals surface area contributed by atoms with E-state index in [-0.39, 0.29) is 17.1 Å². The maximum atomic E-state index is 12.8. The molecule has 0 spiro atoms. The molecule has 0 aliphatic carbocycles. The van der Waals surface area contributed by atoms with Gasteiger partial charge in [0.2, 0.25) is 0 Å². The third-order valence-corrected chi connectivity index (χ3v) is 4.04. The van der Waals surface area contributed by atoms with Gasteiger partial charge >= 0.3 is 5.84 Å². The fourth-order valence-electron chi connectivity index (χ4n) is 2.86. The van der Waals surface area contributed by atoms with Crippen LogP contribution in [0.5, 0.6) is 0 Å². The van der Waals surface area contributed by atoms with E-state index < -0.39 is 10.5 Å². The summed E-state index contributed by atoms with van der Waals surface area (Å²) in [5.74, 6) is -0.150. The molecular formula is C17H15N3O4. The molecule has 2 aromatic rings. The van der Waals surface area contributed by atoms with E-state index in [0.717, 1.165) is 0 Å². The first-order valence-electron chi connectivity index (χ1n) is 7.33. The summed E-state index contributed by atoms with van der Waals surface area (Å²) in [4.78, 5) is 10.4. The van der Waals surface area contributed by atoms with Crippen molar-refractivity contribution in [1.29, 1.82) is 0 Å². The standard InChI is InChI=1S/C17H15N3O4/c1-17(2)15(12-7-4-3-5-8-12)18(21)16(19(17)22)13-9-6-10-14(11-13)20(23)24/h3-11H,1-2H3. The fourth-order valence-corrected chi connectivity index (χ4v) is 2.86. The Labute approximate surface area is 138 Å². The van der Waals surface area contributed by atoms with Crippen LogP contribution >= 0.6 is 0 Å². The van der Waals surface area contributed by atoms with Gasteiger partial charge in [0.25, 0.3) is 16.9 Å². The lowest BCUT2D eigenvalue weighted by molar-refractivity contribution is -0.530. The predicted molar refractivity (Wildman–Crippen MR) is 89.1 cm³/mol. The molecule has 0 radical (unpaired) electrons. The van der Waals surface area contributed by atoms with Crippen molar-refractivity contribution < 1.29 is 14.4 Å². The fraction of sp³-hybridized carbons (Fsp3) is 0.176. The summed E-state index contributed by atoms with van der Waals surface area (Å²) in [6, 6.07) is 14.4. The molecule has 2 aromatic carbocycles. The molecule has 7 heteroatoms. The molecule has 0 unspecified atom stereocenters. The Balaban J connectivity index is 2.21. The lowest BCUT2D eigenvalue weighted by atomic mass is 9.93. The smallest absolute Gasteiger partial charge is 0.470 e. The monoisotopic (exact) mass is 325 g/mol. The summed E-state index contributed by atoms with van der Waals surface area (Å²) >= 11 is 0. The summed E-state index contributed by atoms with van der Waals surface area (Å²) in [5, 5.41) is 36.5. The molecular weight excluding hydrogens is 310 g/mol. The molecule has 1 heterocycles. The van der Waals surface area contributed by atoms with Gasteiger partial charge in [-0.15, -0.1) is 9.48 Å². The summed E-state index contributed by atoms with van der Waals surface area (Å²) in [6.45, 7) is 3.30. The molecule has 0 amide bonds. The van der Waals surface area contributed by atoms with Crippen molar-refractivity contribution in [2.45, 2.75) is 19.4 Å². The van der Waals surface area contributed by atoms with Gasteiger partial charge in [-0.05, 0) is 18.2 Å². The van der Waals surface area contributed by atoms with Gasteiger partial charge in [0, 0.05) is 26.0 Å². The van der Waals surface area contributed by atoms with Crippen molar-refractivity contribution >= 4 is 17.2 Å². The van der Waals surface area contributed by atoms with Crippen molar-refractivity contribution in [1.82, 2.24) is 0 Å². The highest BCUT2D eigenvalue weighted by atomic mass is 16.6. The maximum Gasteiger partial charge on any atom is 0.470 e. The minimum absolute atomic E-state index is 0.150. The highest BCUT2D eigenvalue weighted by Gasteiger charge is 2.52. The van der Waals surface area contributed by atoms with Crippen LogP contribution in [0.25, 0.3) is 0 Å². The molecule has 0 N–H and O–H groups in total. The average Bonchev–Trinajstić information content (AvgIpc) is 2.73. The molecule has 0 aromatic heterocycles. The van der Waals surface area contributed by atoms with Crippen molar-refractivity contribution in [3.05, 3.63) is 86.3 Å². The van der Waals surface area contributed by atoms with E-state index in [1.54, 1.807) is 38.1 Å². The highest BCUT2D eigenvalue weighted by Crippen LogP contribution is 2.26. The molecule has 0 atom stereocenters. The second kappa shape index (κ2) is 5.45. The van der Waals surface area contributed by atoms with Gasteiger partial charge in [-0.2, -0.15) is 0 Å². The Morgan fingerprint density at radius 2 is 1.58 bits per heavy atom. The number of rotatable bonds is 3. The van der Waals surface area contributed by atoms with Crippen molar-refractivity contribution in [2.75, 3.05) is 0 Å². The number of nitro benzene ring substituents is 1. The Bertz CT molecular complexity index is 886. The van der Waals surface area contributed by atoms with E-state index in [2.05, 4.69) is 0 Å². The quantitative estimate of drug-likeness (QED) is 0.375. The minimum atomic E-state index is -1.09. The van der Waals surface area contributed by atoms with E-state index >= 15 is 0 Å². The molecule has 1 aliphatic heterocycles. The van der Waals surface area contributed by atoms with Gasteiger partial charge in [0.15, 0.2) is 0 Å². The largest absolute Gasteiger partial charge is 0.618 e. The number of hydroxylamine groups is 2. The zero-order valence-corrected chi connectivity index (χ0v) is 13.2. The number of amidine groups is 1. The van der Waals surface area contributed by atoms with E-state index in [0.29, 0.717) is 20.8 Å². The normalized spacial score (nSPS) is 16.6. The first-order valence-corrected chi connectivity index (χ1v) is 7.33. The number of hydrogen-bond acceptors (Lipinski definition) is 4. The molecule has 0 saturated heterocycles. The Hall–Kier alpha value is -3.22. The van der Waals surface area contributed by atoms with Crippen LogP contribution in [0, 0.1) is 20.5 Å². The van der Waals surface area contributed by atoms with E-state index in [4.69, 9.17) is 0 Å². The van der Waals surface area contributed by atoms with Gasteiger partial charge in [-0.25, -0.2) is 0 Å². The second-order valence-corrected chi connectivity index (χ2v) is 5.99. The number of nitro groups is 1. The molecule has 7 nitrogen and oxygen atoms in total. The third-order valence-electron chi connectivity index (χ3n) is 4.04. The van der Waals surface area contributed by atoms with Gasteiger partial charge in [0.05, 0.1) is 10.5 Å². The first-order chi connectivity index (χ1) is 11.3. The SMILES string of the molecule is CC1(C)C(c2ccccc2)=[N+]([O-])C(c2cccc([N+](=O)[O-])c2)=[N+]1[O-]. The van der Waals surface area contributed by atoms with Crippen molar-refractivity contribution in [2.24, 2.45) is 0 Å². The third kappa shape index (κ3) is 2.30. The van der Waals surface area contributed by atoms with Crippen LogP contribution in [0.15, 0.2) is 54.6 Å². The van der Waals surface area contributed by atoms with Crippen molar-refractivity contribution in [3.8, 4) is 0 Å². The van der Waals surface area contributed by atoms with E-state index in [9.17, 15) is 20.5 Å². The number of hydrogen-bond donors (Lipinski definition) is 0. The lowest BCUT2D eigenvalue weighted by Crippen LogP contribution is -2.39. The Morgan fingerprint density at radius 3 is 2.21 bits per heavy atom. The van der Waals surface area contributed by atoms with Gasteiger partial charge in [-0.3, -0.25) is 10.1 Å². The number of benzene rings is 2. The molecule has 1 aliphatic rings. The molecule has 0 saturated carbocycles. The zero-order chi connectivity index (χ0) is 17.5. The van der Waals surface area contributed by atoms with Crippen LogP contribution in [0.4, 0.5) is 5.69 Å². The van der Waals surface area contributed by atoms with Crippen LogP contribution in [-0.4, -0.2) is 31.5 Å². The van der Waals surface area contributed by atoms with Crippen LogP contribution in [0.1, 0.15) is 25.0 Å². The van der Waals surface area contributed by atoms with Gasteiger partial charge in [0.1, 0.15) is 5.56 Å². The summed E-state index contributed by atoms with van der Waals surface area (Å²) in [5.41, 5.74) is -0.109. The van der Waals surface area contributed by atoms with Crippen LogP contribution in [0.3, 0.4) is 0 Å². The molecule has 24 heavy (non-hydrogen) atoms. The number of non-ortho nitro benzene ring substituents is 1. The maximum absolute atomic E-state index is 12.8. The second-order valence-electron chi connectivity index (χ2n) is 5.99. The number of nitrogens with zero attached hydrogens (tertiary/aromatic N) is 3. The molecule has 122 valence electrons. The average molecular weight is 325 g/mol. The zero-order valence-electron chi connectivity index (χ0n) is 13.2. The highest BCUT2D eigenvalue weighted by molar-refractivity contribution is 6.09. The molecule has 0 bridgehead atoms. The van der Waals surface area contributed by atoms with Gasteiger partial charge in [-0.1, -0.05) is 24.3 Å². The van der Waals surface area contributed by atoms with Crippen LogP contribution < -0.4 is 0 Å². The van der Waals surface area contributed by atoms with E-state index in [1.807, 2.05) is 6.07 Å². The van der Waals surface area contributed by atoms with E-state index in [1.165, 1.54) is 24.3 Å². The van der Waals surface area contributed by atoms with Crippen molar-refractivity contribution in [3.63, 3.8) is 0 Å². The Kier molecular flexibility index (Phi) is 3.56. The Morgan fingerprint density at radius 1 is 0.958 bits per heavy atom. The topological polar surface area (TPSA) is 95.3 Å². The lowest BCUT2D eigenvalue weighted by Gasteiger charge is -2.15. The summed E-state index contributed by atoms with van der Waals surface area (Å²) in [7, 11) is 0. The van der Waals surface area contributed by atoms with Gasteiger partial charge < -0.3 is 10.4 Å². The summed E-state index contributed by atoms with van der Waals surface area (Å²) < 4.78 is 1.18.